The molecule has 5 aromatic rings. The van der Waals surface area contributed by atoms with E-state index < -0.39 is 0 Å². The number of anilines is 1. The van der Waals surface area contributed by atoms with Gasteiger partial charge in [0.15, 0.2) is 16.8 Å². The first-order valence-corrected chi connectivity index (χ1v) is 11.9. The van der Waals surface area contributed by atoms with Gasteiger partial charge in [0.25, 0.3) is 5.91 Å². The van der Waals surface area contributed by atoms with Crippen molar-refractivity contribution in [2.75, 3.05) is 5.32 Å². The molecule has 3 aromatic carbocycles. The maximum absolute atomic E-state index is 12.9. The number of carbonyl (C=O) groups is 1. The lowest BCUT2D eigenvalue weighted by molar-refractivity contribution is 0.102. The van der Waals surface area contributed by atoms with Crippen molar-refractivity contribution in [2.45, 2.75) is 32.1 Å². The molecule has 0 saturated carbocycles. The molecule has 180 valence electrons. The van der Waals surface area contributed by atoms with Crippen LogP contribution in [-0.2, 0) is 12.8 Å². The van der Waals surface area contributed by atoms with Crippen LogP contribution in [0, 0.1) is 0 Å². The van der Waals surface area contributed by atoms with Crippen molar-refractivity contribution < 1.29 is 9.21 Å². The number of para-hydroxylation sites is 1. The lowest BCUT2D eigenvalue weighted by atomic mass is 10.0. The van der Waals surface area contributed by atoms with Crippen LogP contribution in [0.2, 0.25) is 0 Å². The van der Waals surface area contributed by atoms with Gasteiger partial charge in [0.1, 0.15) is 0 Å². The van der Waals surface area contributed by atoms with E-state index in [2.05, 4.69) is 50.2 Å². The molecule has 0 spiro atoms. The third kappa shape index (κ3) is 5.38. The second-order valence-electron chi connectivity index (χ2n) is 8.59. The van der Waals surface area contributed by atoms with Crippen molar-refractivity contribution >= 4 is 22.6 Å². The number of tetrazole rings is 1. The summed E-state index contributed by atoms with van der Waals surface area (Å²) in [5, 5.41) is 16.8. The number of unbranched alkanes of at least 4 members (excludes halogenated alkanes) is 2. The Morgan fingerprint density at radius 1 is 0.861 bits per heavy atom. The van der Waals surface area contributed by atoms with E-state index >= 15 is 0 Å². The zero-order valence-corrected chi connectivity index (χ0v) is 19.6. The normalized spacial score (nSPS) is 11.0. The van der Waals surface area contributed by atoms with Gasteiger partial charge < -0.3 is 9.73 Å². The van der Waals surface area contributed by atoms with Crippen molar-refractivity contribution in [1.29, 1.82) is 0 Å². The Hall–Kier alpha value is -4.59. The van der Waals surface area contributed by atoms with Crippen LogP contribution < -0.4 is 10.7 Å². The van der Waals surface area contributed by atoms with E-state index in [-0.39, 0.29) is 28.5 Å². The van der Waals surface area contributed by atoms with Gasteiger partial charge >= 0.3 is 0 Å². The molecular formula is C28H25N5O3. The average molecular weight is 480 g/mol. The number of amides is 1. The van der Waals surface area contributed by atoms with Gasteiger partial charge in [-0.25, -0.2) is 0 Å². The molecule has 8 heteroatoms. The second-order valence-corrected chi connectivity index (χ2v) is 8.59. The molecular weight excluding hydrogens is 454 g/mol. The van der Waals surface area contributed by atoms with Crippen LogP contribution in [-0.4, -0.2) is 26.5 Å². The molecule has 0 aliphatic carbocycles. The van der Waals surface area contributed by atoms with Crippen LogP contribution in [0.15, 0.2) is 88.1 Å². The van der Waals surface area contributed by atoms with E-state index in [1.54, 1.807) is 18.2 Å². The molecule has 1 amide bonds. The molecule has 0 aliphatic rings. The van der Waals surface area contributed by atoms with Crippen LogP contribution in [0.25, 0.3) is 22.6 Å². The second kappa shape index (κ2) is 10.8. The van der Waals surface area contributed by atoms with Gasteiger partial charge in [-0.15, -0.1) is 10.2 Å². The lowest BCUT2D eigenvalue weighted by Crippen LogP contribution is -2.13. The van der Waals surface area contributed by atoms with Crippen molar-refractivity contribution in [3.05, 3.63) is 106 Å². The molecule has 0 atom stereocenters. The quantitative estimate of drug-likeness (QED) is 0.282. The molecule has 2 aromatic heterocycles. The third-order valence-corrected chi connectivity index (χ3v) is 6.06. The SMILES string of the molecule is O=C(Nc1cccc2c(=O)cc(-c3nn[nH]n3)oc12)c1ccc(CCCCCc2ccccc2)cc1. The molecule has 5 rings (SSSR count). The molecule has 2 N–H and O–H groups in total. The number of rotatable bonds is 9. The first kappa shape index (κ1) is 23.2. The molecule has 2 heterocycles. The number of nitrogens with one attached hydrogen (secondary N) is 2. The summed E-state index contributed by atoms with van der Waals surface area (Å²) in [4.78, 5) is 25.5. The molecule has 36 heavy (non-hydrogen) atoms. The molecule has 0 bridgehead atoms. The smallest absolute Gasteiger partial charge is 0.255 e. The van der Waals surface area contributed by atoms with Gasteiger partial charge in [0, 0.05) is 11.6 Å². The monoisotopic (exact) mass is 479 g/mol. The summed E-state index contributed by atoms with van der Waals surface area (Å²) in [6, 6.07) is 24.5. The predicted octanol–water partition coefficient (Wildman–Crippen LogP) is 5.18. The fourth-order valence-corrected chi connectivity index (χ4v) is 4.15. The van der Waals surface area contributed by atoms with Crippen LogP contribution in [0.5, 0.6) is 0 Å². The van der Waals surface area contributed by atoms with Crippen LogP contribution in [0.3, 0.4) is 0 Å². The first-order valence-electron chi connectivity index (χ1n) is 11.9. The lowest BCUT2D eigenvalue weighted by Gasteiger charge is -2.09. The largest absolute Gasteiger partial charge is 0.450 e. The zero-order chi connectivity index (χ0) is 24.7. The summed E-state index contributed by atoms with van der Waals surface area (Å²) in [6.07, 6.45) is 5.51. The summed E-state index contributed by atoms with van der Waals surface area (Å²) in [5.41, 5.74) is 3.49. The summed E-state index contributed by atoms with van der Waals surface area (Å²) in [5.74, 6) is 0.0337. The highest BCUT2D eigenvalue weighted by Gasteiger charge is 2.15. The topological polar surface area (TPSA) is 114 Å². The van der Waals surface area contributed by atoms with Crippen LogP contribution in [0.1, 0.15) is 40.7 Å². The summed E-state index contributed by atoms with van der Waals surface area (Å²) < 4.78 is 5.87. The van der Waals surface area contributed by atoms with E-state index in [1.807, 2.05) is 30.3 Å². The number of fused-ring (bicyclic) bond motifs is 1. The number of hydrogen-bond donors (Lipinski definition) is 2. The highest BCUT2D eigenvalue weighted by atomic mass is 16.3. The van der Waals surface area contributed by atoms with Gasteiger partial charge in [0.2, 0.25) is 5.82 Å². The van der Waals surface area contributed by atoms with E-state index in [4.69, 9.17) is 4.42 Å². The standard InChI is InChI=1S/C28H25N5O3/c34-24-18-25(27-30-32-33-31-27)36-26-22(24)12-7-13-23(26)29-28(35)21-16-14-20(15-17-21)11-6-2-5-10-19-8-3-1-4-9-19/h1,3-4,7-9,12-18H,2,5-6,10-11H2,(H,29,35)(H,30,31,32,33). The molecule has 0 radical (unpaired) electrons. The van der Waals surface area contributed by atoms with Gasteiger partial charge in [0.05, 0.1) is 11.1 Å². The Morgan fingerprint density at radius 2 is 1.61 bits per heavy atom. The molecule has 8 nitrogen and oxygen atoms in total. The number of aromatic nitrogens is 4. The third-order valence-electron chi connectivity index (χ3n) is 6.06. The molecule has 0 saturated heterocycles. The fourth-order valence-electron chi connectivity index (χ4n) is 4.15. The number of benzene rings is 3. The summed E-state index contributed by atoms with van der Waals surface area (Å²) in [6.45, 7) is 0. The van der Waals surface area contributed by atoms with Crippen molar-refractivity contribution in [3.8, 4) is 11.6 Å². The van der Waals surface area contributed by atoms with Crippen molar-refractivity contribution in [1.82, 2.24) is 20.6 Å². The van der Waals surface area contributed by atoms with Crippen molar-refractivity contribution in [2.24, 2.45) is 0 Å². The van der Waals surface area contributed by atoms with Gasteiger partial charge in [-0.3, -0.25) is 9.59 Å². The Balaban J connectivity index is 1.22. The number of H-pyrrole nitrogens is 1. The molecule has 0 aliphatic heterocycles. The number of aryl methyl sites for hydroxylation is 2. The highest BCUT2D eigenvalue weighted by Crippen LogP contribution is 2.26. The van der Waals surface area contributed by atoms with E-state index in [1.165, 1.54) is 23.6 Å². The maximum Gasteiger partial charge on any atom is 0.255 e. The van der Waals surface area contributed by atoms with Crippen LogP contribution >= 0.6 is 0 Å². The van der Waals surface area contributed by atoms with E-state index in [0.29, 0.717) is 16.6 Å². The first-order chi connectivity index (χ1) is 17.7. The van der Waals surface area contributed by atoms with Crippen molar-refractivity contribution in [3.63, 3.8) is 0 Å². The molecule has 0 fully saturated rings. The van der Waals surface area contributed by atoms with E-state index in [0.717, 1.165) is 25.7 Å². The predicted molar refractivity (Wildman–Crippen MR) is 138 cm³/mol. The Bertz CT molecular complexity index is 1510. The Morgan fingerprint density at radius 3 is 2.33 bits per heavy atom. The Kier molecular flexibility index (Phi) is 6.93. The summed E-state index contributed by atoms with van der Waals surface area (Å²) >= 11 is 0. The minimum Gasteiger partial charge on any atom is -0.450 e. The van der Waals surface area contributed by atoms with Gasteiger partial charge in [-0.2, -0.15) is 5.21 Å². The Labute approximate surface area is 207 Å². The van der Waals surface area contributed by atoms with Crippen LogP contribution in [0.4, 0.5) is 5.69 Å². The summed E-state index contributed by atoms with van der Waals surface area (Å²) in [7, 11) is 0. The molecule has 0 unspecified atom stereocenters. The zero-order valence-electron chi connectivity index (χ0n) is 19.6. The van der Waals surface area contributed by atoms with Gasteiger partial charge in [-0.05, 0) is 66.3 Å². The highest BCUT2D eigenvalue weighted by molar-refractivity contribution is 6.08. The van der Waals surface area contributed by atoms with Gasteiger partial charge in [-0.1, -0.05) is 55.0 Å². The van der Waals surface area contributed by atoms with E-state index in [9.17, 15) is 9.59 Å². The number of hydrogen-bond acceptors (Lipinski definition) is 6. The average Bonchev–Trinajstić information content (AvgIpc) is 3.45. The number of nitrogens with zero attached hydrogens (tertiary/aromatic N) is 3. The number of carbonyl (C=O) groups excluding carboxylic acids is 1. The fraction of sp³-hybridized carbons (Fsp3) is 0.179. The maximum atomic E-state index is 12.9. The minimum absolute atomic E-state index is 0.158. The minimum atomic E-state index is -0.287. The number of aromatic amines is 1.